The van der Waals surface area contributed by atoms with Crippen molar-refractivity contribution in [1.29, 1.82) is 0 Å². The smallest absolute Gasteiger partial charge is 0.0428 e. The van der Waals surface area contributed by atoms with Crippen LogP contribution in [0.2, 0.25) is 0 Å². The van der Waals surface area contributed by atoms with Crippen LogP contribution < -0.4 is 0 Å². The van der Waals surface area contributed by atoms with E-state index in [9.17, 15) is 0 Å². The molecule has 0 amide bonds. The van der Waals surface area contributed by atoms with E-state index in [-0.39, 0.29) is 0 Å². The first kappa shape index (κ1) is 19.7. The Hall–Kier alpha value is -0.820. The Labute approximate surface area is 96.2 Å². The molecule has 0 radical (unpaired) electrons. The fourth-order valence-electron chi connectivity index (χ4n) is 0.534. The molecule has 0 fully saturated rings. The van der Waals surface area contributed by atoms with E-state index in [2.05, 4.69) is 19.1 Å². The van der Waals surface area contributed by atoms with Gasteiger partial charge in [-0.05, 0) is 13.3 Å². The second-order valence-electron chi connectivity index (χ2n) is 2.38. The summed E-state index contributed by atoms with van der Waals surface area (Å²) < 4.78 is 0. The van der Waals surface area contributed by atoms with Crippen LogP contribution in [0.1, 0.15) is 46.6 Å². The van der Waals surface area contributed by atoms with E-state index in [0.29, 0.717) is 6.61 Å². The summed E-state index contributed by atoms with van der Waals surface area (Å²) in [7, 11) is 0. The molecule has 0 aliphatic heterocycles. The fraction of sp³-hybridized carbons (Fsp3) is 0.571. The molecule has 15 heavy (non-hydrogen) atoms. The van der Waals surface area contributed by atoms with E-state index in [0.717, 1.165) is 6.42 Å². The van der Waals surface area contributed by atoms with Crippen molar-refractivity contribution in [2.24, 2.45) is 0 Å². The van der Waals surface area contributed by atoms with Gasteiger partial charge in [0.25, 0.3) is 0 Å². The number of hydrogen-bond acceptors (Lipinski definition) is 1. The molecule has 0 spiro atoms. The molecular weight excluding hydrogens is 184 g/mol. The zero-order valence-electron chi connectivity index (χ0n) is 11.2. The van der Waals surface area contributed by atoms with E-state index < -0.39 is 0 Å². The Balaban J connectivity index is -0.000000156. The largest absolute Gasteiger partial charge is 0.396 e. The quantitative estimate of drug-likeness (QED) is 0.730. The van der Waals surface area contributed by atoms with E-state index in [1.807, 2.05) is 52.8 Å². The maximum absolute atomic E-state index is 7.88. The van der Waals surface area contributed by atoms with E-state index >= 15 is 0 Å². The molecule has 1 aromatic rings. The molecule has 0 aliphatic carbocycles. The van der Waals surface area contributed by atoms with Crippen LogP contribution in [0.5, 0.6) is 0 Å². The van der Waals surface area contributed by atoms with Gasteiger partial charge in [-0.2, -0.15) is 0 Å². The Bertz CT molecular complexity index is 156. The van der Waals surface area contributed by atoms with Gasteiger partial charge < -0.3 is 5.11 Å². The van der Waals surface area contributed by atoms with Crippen LogP contribution in [0.15, 0.2) is 30.3 Å². The van der Waals surface area contributed by atoms with Crippen LogP contribution in [-0.4, -0.2) is 11.7 Å². The van der Waals surface area contributed by atoms with Gasteiger partial charge in [-0.1, -0.05) is 70.5 Å². The lowest BCUT2D eigenvalue weighted by molar-refractivity contribution is 0.295. The average molecular weight is 212 g/mol. The number of benzene rings is 1. The minimum atomic E-state index is 0.319. The topological polar surface area (TPSA) is 20.2 Å². The van der Waals surface area contributed by atoms with Gasteiger partial charge in [0.05, 0.1) is 0 Å². The van der Waals surface area contributed by atoms with Gasteiger partial charge in [0.1, 0.15) is 0 Å². The fourth-order valence-corrected chi connectivity index (χ4v) is 0.534. The zero-order valence-corrected chi connectivity index (χ0v) is 11.2. The Morgan fingerprint density at radius 2 is 1.27 bits per heavy atom. The van der Waals surface area contributed by atoms with Gasteiger partial charge in [0.15, 0.2) is 0 Å². The maximum atomic E-state index is 7.88. The molecular formula is C14H28O. The second-order valence-corrected chi connectivity index (χ2v) is 2.38. The first-order chi connectivity index (χ1) is 7.31. The first-order valence-electron chi connectivity index (χ1n) is 5.93. The van der Waals surface area contributed by atoms with Gasteiger partial charge in [-0.3, -0.25) is 0 Å². The maximum Gasteiger partial charge on any atom is 0.0428 e. The third-order valence-corrected chi connectivity index (χ3v) is 1.16. The number of aliphatic hydroxyl groups excluding tert-OH is 1. The summed E-state index contributed by atoms with van der Waals surface area (Å²) in [4.78, 5) is 0. The van der Waals surface area contributed by atoms with Crippen molar-refractivity contribution in [3.8, 4) is 0 Å². The molecule has 0 atom stereocenters. The summed E-state index contributed by atoms with van der Waals surface area (Å²) in [6.07, 6.45) is 0.875. The average Bonchev–Trinajstić information content (AvgIpc) is 2.35. The summed E-state index contributed by atoms with van der Waals surface area (Å²) in [6.45, 7) is 12.3. The highest BCUT2D eigenvalue weighted by Crippen LogP contribution is 1.92. The summed E-state index contributed by atoms with van der Waals surface area (Å²) in [5.41, 5.74) is 1.32. The molecule has 1 nitrogen and oxygen atoms in total. The molecule has 1 rings (SSSR count). The molecule has 1 heteroatoms. The molecule has 0 bridgehead atoms. The third-order valence-electron chi connectivity index (χ3n) is 1.16. The Morgan fingerprint density at radius 1 is 0.933 bits per heavy atom. The summed E-state index contributed by atoms with van der Waals surface area (Å²) in [5.74, 6) is 0. The summed E-state index contributed by atoms with van der Waals surface area (Å²) in [5, 5.41) is 7.88. The van der Waals surface area contributed by atoms with Gasteiger partial charge in [0.2, 0.25) is 0 Å². The molecule has 1 aromatic carbocycles. The molecule has 0 aromatic heterocycles. The molecule has 0 aliphatic rings. The summed E-state index contributed by atoms with van der Waals surface area (Å²) in [6, 6.07) is 10.3. The molecule has 0 heterocycles. The number of aliphatic hydroxyl groups is 1. The van der Waals surface area contributed by atoms with Gasteiger partial charge >= 0.3 is 0 Å². The van der Waals surface area contributed by atoms with Crippen LogP contribution in [0.3, 0.4) is 0 Å². The highest BCUT2D eigenvalue weighted by atomic mass is 16.2. The van der Waals surface area contributed by atoms with Crippen LogP contribution in [0, 0.1) is 6.92 Å². The van der Waals surface area contributed by atoms with Crippen LogP contribution >= 0.6 is 0 Å². The number of hydrogen-bond donors (Lipinski definition) is 1. The zero-order chi connectivity index (χ0) is 12.5. The highest BCUT2D eigenvalue weighted by Gasteiger charge is 1.72. The third kappa shape index (κ3) is 24.6. The minimum absolute atomic E-state index is 0.319. The Kier molecular flexibility index (Phi) is 30.5. The van der Waals surface area contributed by atoms with E-state index in [4.69, 9.17) is 5.11 Å². The van der Waals surface area contributed by atoms with Crippen molar-refractivity contribution in [3.63, 3.8) is 0 Å². The van der Waals surface area contributed by atoms with Crippen LogP contribution in [-0.2, 0) is 0 Å². The standard InChI is InChI=1S/C7H8.C3H8O.2C2H6/c1-7-5-3-2-4-6-7;1-2-3-4;2*1-2/h2-6H,1H3;4H,2-3H2,1H3;2*1-2H3. The normalized spacial score (nSPS) is 6.87. The molecule has 0 saturated carbocycles. The van der Waals surface area contributed by atoms with Gasteiger partial charge in [-0.25, -0.2) is 0 Å². The van der Waals surface area contributed by atoms with Crippen molar-refractivity contribution >= 4 is 0 Å². The van der Waals surface area contributed by atoms with E-state index in [1.54, 1.807) is 0 Å². The lowest BCUT2D eigenvalue weighted by atomic mass is 10.2. The van der Waals surface area contributed by atoms with Gasteiger partial charge in [-0.15, -0.1) is 0 Å². The summed E-state index contributed by atoms with van der Waals surface area (Å²) >= 11 is 0. The SMILES string of the molecule is CC.CC.CCCO.Cc1ccccc1. The lowest BCUT2D eigenvalue weighted by Crippen LogP contribution is -1.69. The minimum Gasteiger partial charge on any atom is -0.396 e. The lowest BCUT2D eigenvalue weighted by Gasteiger charge is -1.82. The number of rotatable bonds is 1. The molecule has 0 saturated heterocycles. The van der Waals surface area contributed by atoms with Crippen LogP contribution in [0.25, 0.3) is 0 Å². The Morgan fingerprint density at radius 3 is 1.40 bits per heavy atom. The molecule has 1 N–H and O–H groups in total. The molecule has 0 unspecified atom stereocenters. The van der Waals surface area contributed by atoms with E-state index in [1.165, 1.54) is 5.56 Å². The predicted molar refractivity (Wildman–Crippen MR) is 71.3 cm³/mol. The van der Waals surface area contributed by atoms with Crippen molar-refractivity contribution in [2.75, 3.05) is 6.61 Å². The van der Waals surface area contributed by atoms with Crippen molar-refractivity contribution in [2.45, 2.75) is 48.0 Å². The van der Waals surface area contributed by atoms with Crippen molar-refractivity contribution in [1.82, 2.24) is 0 Å². The predicted octanol–water partition coefficient (Wildman–Crippen LogP) is 4.44. The van der Waals surface area contributed by atoms with Crippen molar-refractivity contribution < 1.29 is 5.11 Å². The number of aryl methyl sites for hydroxylation is 1. The highest BCUT2D eigenvalue weighted by molar-refractivity contribution is 5.11. The first-order valence-corrected chi connectivity index (χ1v) is 5.93. The monoisotopic (exact) mass is 212 g/mol. The van der Waals surface area contributed by atoms with Crippen LogP contribution in [0.4, 0.5) is 0 Å². The van der Waals surface area contributed by atoms with Gasteiger partial charge in [0, 0.05) is 6.61 Å². The van der Waals surface area contributed by atoms with Crippen molar-refractivity contribution in [3.05, 3.63) is 35.9 Å². The molecule has 90 valence electrons. The second kappa shape index (κ2) is 23.2.